The molecule has 0 radical (unpaired) electrons. The Hall–Kier alpha value is -3.50. The molecule has 0 N–H and O–H groups in total. The van der Waals surface area contributed by atoms with E-state index in [0.717, 1.165) is 10.0 Å². The molecule has 8 nitrogen and oxygen atoms in total. The maximum atomic E-state index is 13.8. The third-order valence-corrected chi connectivity index (χ3v) is 7.18. The van der Waals surface area contributed by atoms with E-state index in [9.17, 15) is 14.4 Å². The van der Waals surface area contributed by atoms with Crippen LogP contribution in [0.3, 0.4) is 0 Å². The highest BCUT2D eigenvalue weighted by molar-refractivity contribution is 9.10. The van der Waals surface area contributed by atoms with E-state index in [1.807, 2.05) is 12.1 Å². The molecule has 2 heterocycles. The van der Waals surface area contributed by atoms with E-state index >= 15 is 0 Å². The van der Waals surface area contributed by atoms with Crippen LogP contribution in [0.2, 0.25) is 0 Å². The highest BCUT2D eigenvalue weighted by Gasteiger charge is 2.35. The second-order valence-electron chi connectivity index (χ2n) is 8.54. The van der Waals surface area contributed by atoms with Gasteiger partial charge in [0.2, 0.25) is 0 Å². The van der Waals surface area contributed by atoms with Crippen molar-refractivity contribution >= 4 is 45.3 Å². The summed E-state index contributed by atoms with van der Waals surface area (Å²) in [5, 5.41) is 0. The van der Waals surface area contributed by atoms with E-state index in [1.54, 1.807) is 57.2 Å². The Morgan fingerprint density at radius 3 is 2.43 bits per heavy atom. The van der Waals surface area contributed by atoms with Crippen molar-refractivity contribution in [3.05, 3.63) is 94.6 Å². The molecule has 1 atom stereocenters. The smallest absolute Gasteiger partial charge is 0.338 e. The average molecular weight is 585 g/mol. The number of ether oxygens (including phenoxy) is 3. The Labute approximate surface area is 225 Å². The number of hydrogen-bond donors (Lipinski definition) is 0. The standard InChI is InChI=1S/C27H25BrN2O6S/c1-14(2)36-26(33)22-15(3)29-27-30(23(22)19-13-18(28)10-11-20(19)34-4)24(31)21(37-27)12-16-6-8-17(9-7-16)25(32)35-5/h6-14,23H,1-5H3/b21-12-/t23-/m1/s1. The van der Waals surface area contributed by atoms with Crippen molar-refractivity contribution in [2.75, 3.05) is 14.2 Å². The first kappa shape index (κ1) is 26.6. The lowest BCUT2D eigenvalue weighted by molar-refractivity contribution is -0.143. The number of methoxy groups -OCH3 is 2. The molecule has 0 spiro atoms. The van der Waals surface area contributed by atoms with Gasteiger partial charge < -0.3 is 14.2 Å². The number of fused-ring (bicyclic) bond motifs is 1. The molecule has 1 aliphatic heterocycles. The van der Waals surface area contributed by atoms with Gasteiger partial charge in [-0.15, -0.1) is 0 Å². The van der Waals surface area contributed by atoms with E-state index in [1.165, 1.54) is 30.1 Å². The Bertz CT molecular complexity index is 1580. The molecule has 0 amide bonds. The Kier molecular flexibility index (Phi) is 7.79. The largest absolute Gasteiger partial charge is 0.496 e. The molecule has 1 aromatic heterocycles. The number of carbonyl (C=O) groups is 2. The Morgan fingerprint density at radius 1 is 1.11 bits per heavy atom. The number of carbonyl (C=O) groups excluding carboxylic acids is 2. The van der Waals surface area contributed by atoms with E-state index in [0.29, 0.717) is 31.9 Å². The van der Waals surface area contributed by atoms with Crippen molar-refractivity contribution in [3.8, 4) is 5.75 Å². The molecule has 4 rings (SSSR count). The van der Waals surface area contributed by atoms with Crippen LogP contribution in [0.25, 0.3) is 6.08 Å². The molecule has 0 unspecified atom stereocenters. The van der Waals surface area contributed by atoms with Crippen LogP contribution in [0.1, 0.15) is 48.3 Å². The van der Waals surface area contributed by atoms with Crippen LogP contribution in [0.5, 0.6) is 5.75 Å². The molecule has 3 aromatic rings. The summed E-state index contributed by atoms with van der Waals surface area (Å²) < 4.78 is 18.6. The maximum Gasteiger partial charge on any atom is 0.338 e. The molecule has 1 aliphatic rings. The fourth-order valence-electron chi connectivity index (χ4n) is 4.06. The summed E-state index contributed by atoms with van der Waals surface area (Å²) >= 11 is 4.72. The first-order chi connectivity index (χ1) is 17.6. The van der Waals surface area contributed by atoms with E-state index in [-0.39, 0.29) is 17.2 Å². The fourth-order valence-corrected chi connectivity index (χ4v) is 5.48. The summed E-state index contributed by atoms with van der Waals surface area (Å²) in [4.78, 5) is 43.9. The predicted molar refractivity (Wildman–Crippen MR) is 143 cm³/mol. The van der Waals surface area contributed by atoms with Crippen LogP contribution in [-0.2, 0) is 14.3 Å². The van der Waals surface area contributed by atoms with Crippen LogP contribution in [-0.4, -0.2) is 36.8 Å². The summed E-state index contributed by atoms with van der Waals surface area (Å²) in [6.07, 6.45) is 1.38. The number of esters is 2. The number of halogens is 1. The monoisotopic (exact) mass is 584 g/mol. The molecule has 2 aromatic carbocycles. The van der Waals surface area contributed by atoms with Gasteiger partial charge in [-0.3, -0.25) is 9.36 Å². The second-order valence-corrected chi connectivity index (χ2v) is 10.5. The molecule has 0 fully saturated rings. The summed E-state index contributed by atoms with van der Waals surface area (Å²) in [5.74, 6) is -0.466. The topological polar surface area (TPSA) is 96.2 Å². The molecule has 0 bridgehead atoms. The molecular weight excluding hydrogens is 560 g/mol. The van der Waals surface area contributed by atoms with Crippen molar-refractivity contribution < 1.29 is 23.8 Å². The predicted octanol–water partition coefficient (Wildman–Crippen LogP) is 3.74. The average Bonchev–Trinajstić information content (AvgIpc) is 3.16. The number of aromatic nitrogens is 1. The lowest BCUT2D eigenvalue weighted by atomic mass is 9.95. The van der Waals surface area contributed by atoms with Gasteiger partial charge in [0.15, 0.2) is 4.80 Å². The van der Waals surface area contributed by atoms with Crippen molar-refractivity contribution in [1.82, 2.24) is 4.57 Å². The quantitative estimate of drug-likeness (QED) is 0.409. The fraction of sp³-hybridized carbons (Fsp3) is 0.259. The molecule has 0 aliphatic carbocycles. The Morgan fingerprint density at radius 2 is 1.81 bits per heavy atom. The lowest BCUT2D eigenvalue weighted by Crippen LogP contribution is -2.40. The van der Waals surface area contributed by atoms with Gasteiger partial charge in [0.1, 0.15) is 11.8 Å². The van der Waals surface area contributed by atoms with Crippen LogP contribution in [0.15, 0.2) is 68.0 Å². The normalized spacial score (nSPS) is 15.3. The van der Waals surface area contributed by atoms with Gasteiger partial charge in [0.05, 0.1) is 41.7 Å². The minimum absolute atomic E-state index is 0.270. The minimum Gasteiger partial charge on any atom is -0.496 e. The first-order valence-electron chi connectivity index (χ1n) is 11.4. The molecule has 0 saturated carbocycles. The van der Waals surface area contributed by atoms with Gasteiger partial charge in [-0.05, 0) is 62.7 Å². The van der Waals surface area contributed by atoms with Crippen LogP contribution in [0, 0.1) is 0 Å². The van der Waals surface area contributed by atoms with Crippen LogP contribution >= 0.6 is 27.3 Å². The summed E-state index contributed by atoms with van der Waals surface area (Å²) in [6, 6.07) is 11.4. The third-order valence-electron chi connectivity index (χ3n) is 5.70. The van der Waals surface area contributed by atoms with Gasteiger partial charge in [0, 0.05) is 10.0 Å². The van der Waals surface area contributed by atoms with E-state index in [4.69, 9.17) is 14.2 Å². The van der Waals surface area contributed by atoms with Gasteiger partial charge in [-0.2, -0.15) is 0 Å². The zero-order chi connectivity index (χ0) is 26.9. The lowest BCUT2D eigenvalue weighted by Gasteiger charge is -2.26. The first-order valence-corrected chi connectivity index (χ1v) is 13.0. The van der Waals surface area contributed by atoms with Gasteiger partial charge in [0.25, 0.3) is 5.56 Å². The molecule has 10 heteroatoms. The maximum absolute atomic E-state index is 13.8. The minimum atomic E-state index is -0.807. The second kappa shape index (κ2) is 10.9. The highest BCUT2D eigenvalue weighted by atomic mass is 79.9. The van der Waals surface area contributed by atoms with Gasteiger partial charge >= 0.3 is 11.9 Å². The van der Waals surface area contributed by atoms with Crippen LogP contribution < -0.4 is 19.6 Å². The molecule has 0 saturated heterocycles. The summed E-state index contributed by atoms with van der Waals surface area (Å²) in [7, 11) is 2.86. The van der Waals surface area contributed by atoms with Crippen LogP contribution in [0.4, 0.5) is 0 Å². The number of hydrogen-bond acceptors (Lipinski definition) is 8. The summed E-state index contributed by atoms with van der Waals surface area (Å²) in [6.45, 7) is 5.27. The van der Waals surface area contributed by atoms with Gasteiger partial charge in [-0.1, -0.05) is 39.4 Å². The molecule has 192 valence electrons. The number of allylic oxidation sites excluding steroid dienone is 1. The van der Waals surface area contributed by atoms with Gasteiger partial charge in [-0.25, -0.2) is 14.6 Å². The number of thiazole rings is 1. The van der Waals surface area contributed by atoms with Crippen molar-refractivity contribution in [1.29, 1.82) is 0 Å². The van der Waals surface area contributed by atoms with E-state index in [2.05, 4.69) is 20.9 Å². The van der Waals surface area contributed by atoms with Crippen molar-refractivity contribution in [2.24, 2.45) is 4.99 Å². The van der Waals surface area contributed by atoms with Crippen molar-refractivity contribution in [3.63, 3.8) is 0 Å². The number of benzene rings is 2. The zero-order valence-corrected chi connectivity index (χ0v) is 23.3. The number of nitrogens with zero attached hydrogens (tertiary/aromatic N) is 2. The summed E-state index contributed by atoms with van der Waals surface area (Å²) in [5.41, 5.74) is 2.18. The Balaban J connectivity index is 1.93. The van der Waals surface area contributed by atoms with E-state index < -0.39 is 18.0 Å². The third kappa shape index (κ3) is 5.30. The highest BCUT2D eigenvalue weighted by Crippen LogP contribution is 2.37. The zero-order valence-electron chi connectivity index (χ0n) is 20.9. The number of rotatable bonds is 6. The SMILES string of the molecule is COC(=O)c1ccc(/C=c2\sc3n(c2=O)[C@H](c2cc(Br)ccc2OC)C(C(=O)OC(C)C)=C(C)N=3)cc1. The molecule has 37 heavy (non-hydrogen) atoms. The molecular formula is C27H25BrN2O6S. The van der Waals surface area contributed by atoms with Crippen molar-refractivity contribution in [2.45, 2.75) is 32.9 Å².